The standard InChI is InChI=1S/C6H6BrNO.C6H7NO/c1-9-6-3-2-5(7)4-8-6;1-8-6-4-2-3-5-7-6/h2-4H,1H3;2-5H,1H3. The molecule has 0 saturated heterocycles. The third-order valence-corrected chi connectivity index (χ3v) is 2.23. The van der Waals surface area contributed by atoms with E-state index in [-0.39, 0.29) is 0 Å². The molecule has 90 valence electrons. The summed E-state index contributed by atoms with van der Waals surface area (Å²) in [7, 11) is 3.19. The van der Waals surface area contributed by atoms with E-state index in [1.807, 2.05) is 18.2 Å². The highest BCUT2D eigenvalue weighted by Gasteiger charge is 1.88. The Morgan fingerprint density at radius 2 is 1.65 bits per heavy atom. The highest BCUT2D eigenvalue weighted by atomic mass is 79.9. The molecule has 0 N–H and O–H groups in total. The minimum absolute atomic E-state index is 0.637. The van der Waals surface area contributed by atoms with Crippen LogP contribution < -0.4 is 9.47 Å². The summed E-state index contributed by atoms with van der Waals surface area (Å²) in [4.78, 5) is 7.80. The van der Waals surface area contributed by atoms with Gasteiger partial charge in [0.15, 0.2) is 0 Å². The molecular formula is C12H13BrN2O2. The van der Waals surface area contributed by atoms with Gasteiger partial charge in [0.25, 0.3) is 0 Å². The van der Waals surface area contributed by atoms with E-state index < -0.39 is 0 Å². The maximum atomic E-state index is 4.84. The SMILES string of the molecule is COc1ccc(Br)cn1.COc1ccccn1. The minimum atomic E-state index is 0.637. The van der Waals surface area contributed by atoms with Crippen molar-refractivity contribution in [2.75, 3.05) is 14.2 Å². The van der Waals surface area contributed by atoms with Gasteiger partial charge in [0.2, 0.25) is 11.8 Å². The van der Waals surface area contributed by atoms with Crippen molar-refractivity contribution in [2.45, 2.75) is 0 Å². The molecule has 0 saturated carbocycles. The quantitative estimate of drug-likeness (QED) is 0.855. The predicted octanol–water partition coefficient (Wildman–Crippen LogP) is 2.94. The van der Waals surface area contributed by atoms with Crippen molar-refractivity contribution in [3.63, 3.8) is 0 Å². The number of rotatable bonds is 2. The van der Waals surface area contributed by atoms with E-state index in [9.17, 15) is 0 Å². The maximum Gasteiger partial charge on any atom is 0.212 e. The lowest BCUT2D eigenvalue weighted by atomic mass is 10.5. The van der Waals surface area contributed by atoms with Crippen LogP contribution in [-0.2, 0) is 0 Å². The average Bonchev–Trinajstić information content (AvgIpc) is 2.41. The molecule has 0 bridgehead atoms. The molecule has 17 heavy (non-hydrogen) atoms. The molecule has 0 spiro atoms. The Bertz CT molecular complexity index is 420. The second-order valence-electron chi connectivity index (χ2n) is 2.89. The van der Waals surface area contributed by atoms with Crippen molar-refractivity contribution in [1.29, 1.82) is 0 Å². The van der Waals surface area contributed by atoms with E-state index in [4.69, 9.17) is 9.47 Å². The van der Waals surface area contributed by atoms with Gasteiger partial charge in [-0.25, -0.2) is 9.97 Å². The molecule has 0 fully saturated rings. The molecule has 0 amide bonds. The Balaban J connectivity index is 0.000000171. The van der Waals surface area contributed by atoms with Gasteiger partial charge in [-0.1, -0.05) is 6.07 Å². The Labute approximate surface area is 109 Å². The number of ether oxygens (including phenoxy) is 2. The van der Waals surface area contributed by atoms with Crippen LogP contribution in [0.1, 0.15) is 0 Å². The number of halogens is 1. The molecule has 2 heterocycles. The molecule has 2 aromatic heterocycles. The first-order valence-corrected chi connectivity index (χ1v) is 5.66. The van der Waals surface area contributed by atoms with Crippen molar-refractivity contribution in [2.24, 2.45) is 0 Å². The van der Waals surface area contributed by atoms with Crippen molar-refractivity contribution >= 4 is 15.9 Å². The first kappa shape index (κ1) is 13.4. The Morgan fingerprint density at radius 1 is 0.941 bits per heavy atom. The van der Waals surface area contributed by atoms with Crippen LogP contribution in [0.2, 0.25) is 0 Å². The summed E-state index contributed by atoms with van der Waals surface area (Å²) < 4.78 is 10.6. The van der Waals surface area contributed by atoms with E-state index >= 15 is 0 Å². The van der Waals surface area contributed by atoms with E-state index in [1.165, 1.54) is 0 Å². The molecule has 2 aromatic rings. The summed E-state index contributed by atoms with van der Waals surface area (Å²) >= 11 is 3.26. The molecule has 4 nitrogen and oxygen atoms in total. The van der Waals surface area contributed by atoms with Gasteiger partial charge in [0.05, 0.1) is 14.2 Å². The molecule has 0 aliphatic heterocycles. The van der Waals surface area contributed by atoms with Gasteiger partial charge >= 0.3 is 0 Å². The van der Waals surface area contributed by atoms with Crippen molar-refractivity contribution < 1.29 is 9.47 Å². The molecule has 0 radical (unpaired) electrons. The van der Waals surface area contributed by atoms with Crippen molar-refractivity contribution in [3.8, 4) is 11.8 Å². The topological polar surface area (TPSA) is 44.2 Å². The molecule has 0 unspecified atom stereocenters. The summed E-state index contributed by atoms with van der Waals surface area (Å²) in [5.41, 5.74) is 0. The lowest BCUT2D eigenvalue weighted by molar-refractivity contribution is 0.397. The third kappa shape index (κ3) is 5.31. The lowest BCUT2D eigenvalue weighted by Crippen LogP contribution is -1.84. The summed E-state index contributed by atoms with van der Waals surface area (Å²) in [5, 5.41) is 0. The first-order chi connectivity index (χ1) is 8.26. The summed E-state index contributed by atoms with van der Waals surface area (Å²) in [6.45, 7) is 0. The predicted molar refractivity (Wildman–Crippen MR) is 69.3 cm³/mol. The Morgan fingerprint density at radius 3 is 2.06 bits per heavy atom. The average molecular weight is 297 g/mol. The fourth-order valence-electron chi connectivity index (χ4n) is 0.951. The number of hydrogen-bond donors (Lipinski definition) is 0. The van der Waals surface area contributed by atoms with Gasteiger partial charge in [0, 0.05) is 29.0 Å². The smallest absolute Gasteiger partial charge is 0.212 e. The van der Waals surface area contributed by atoms with Gasteiger partial charge in [0.1, 0.15) is 0 Å². The first-order valence-electron chi connectivity index (χ1n) is 4.87. The molecule has 0 atom stereocenters. The zero-order chi connectivity index (χ0) is 12.5. The lowest BCUT2D eigenvalue weighted by Gasteiger charge is -1.94. The summed E-state index contributed by atoms with van der Waals surface area (Å²) in [6.07, 6.45) is 3.39. The molecule has 5 heteroatoms. The molecule has 0 aliphatic carbocycles. The molecule has 2 rings (SSSR count). The summed E-state index contributed by atoms with van der Waals surface area (Å²) in [5.74, 6) is 1.30. The fraction of sp³-hybridized carbons (Fsp3) is 0.167. The monoisotopic (exact) mass is 296 g/mol. The van der Waals surface area contributed by atoms with Crippen LogP contribution in [0, 0.1) is 0 Å². The highest BCUT2D eigenvalue weighted by molar-refractivity contribution is 9.10. The number of aromatic nitrogens is 2. The van der Waals surface area contributed by atoms with Crippen LogP contribution in [-0.4, -0.2) is 24.2 Å². The molecule has 0 aromatic carbocycles. The van der Waals surface area contributed by atoms with Crippen LogP contribution in [0.15, 0.2) is 47.2 Å². The Hall–Kier alpha value is -1.62. The van der Waals surface area contributed by atoms with Crippen LogP contribution in [0.3, 0.4) is 0 Å². The maximum absolute atomic E-state index is 4.84. The highest BCUT2D eigenvalue weighted by Crippen LogP contribution is 2.10. The molecular weight excluding hydrogens is 284 g/mol. The number of hydrogen-bond acceptors (Lipinski definition) is 4. The van der Waals surface area contributed by atoms with Gasteiger partial charge in [-0.2, -0.15) is 0 Å². The van der Waals surface area contributed by atoms with E-state index in [0.717, 1.165) is 4.47 Å². The van der Waals surface area contributed by atoms with Crippen LogP contribution in [0.5, 0.6) is 11.8 Å². The Kier molecular flexibility index (Phi) is 6.03. The van der Waals surface area contributed by atoms with Crippen molar-refractivity contribution in [1.82, 2.24) is 9.97 Å². The number of pyridine rings is 2. The third-order valence-electron chi connectivity index (χ3n) is 1.76. The number of methoxy groups -OCH3 is 2. The van der Waals surface area contributed by atoms with Gasteiger partial charge in [-0.15, -0.1) is 0 Å². The minimum Gasteiger partial charge on any atom is -0.481 e. The normalized spacial score (nSPS) is 8.88. The van der Waals surface area contributed by atoms with Gasteiger partial charge in [-0.05, 0) is 28.1 Å². The number of nitrogens with zero attached hydrogens (tertiary/aromatic N) is 2. The van der Waals surface area contributed by atoms with E-state index in [0.29, 0.717) is 11.8 Å². The zero-order valence-corrected chi connectivity index (χ0v) is 11.2. The van der Waals surface area contributed by atoms with Gasteiger partial charge in [-0.3, -0.25) is 0 Å². The van der Waals surface area contributed by atoms with E-state index in [2.05, 4.69) is 25.9 Å². The second-order valence-corrected chi connectivity index (χ2v) is 3.81. The molecule has 0 aliphatic rings. The van der Waals surface area contributed by atoms with Crippen molar-refractivity contribution in [3.05, 3.63) is 47.2 Å². The fourth-order valence-corrected chi connectivity index (χ4v) is 1.19. The summed E-state index contributed by atoms with van der Waals surface area (Å²) in [6, 6.07) is 9.21. The van der Waals surface area contributed by atoms with Crippen LogP contribution in [0.4, 0.5) is 0 Å². The zero-order valence-electron chi connectivity index (χ0n) is 9.63. The largest absolute Gasteiger partial charge is 0.481 e. The second kappa shape index (κ2) is 7.62. The van der Waals surface area contributed by atoms with Crippen LogP contribution >= 0.6 is 15.9 Å². The van der Waals surface area contributed by atoms with Gasteiger partial charge < -0.3 is 9.47 Å². The van der Waals surface area contributed by atoms with E-state index in [1.54, 1.807) is 38.7 Å². The van der Waals surface area contributed by atoms with Crippen LogP contribution in [0.25, 0.3) is 0 Å².